The number of alkyl halides is 1. The molecular formula is C11H12BrNO. The summed E-state index contributed by atoms with van der Waals surface area (Å²) < 4.78 is 5.50. The zero-order valence-electron chi connectivity index (χ0n) is 8.25. The molecule has 0 N–H and O–H groups in total. The molecule has 2 nitrogen and oxygen atoms in total. The van der Waals surface area contributed by atoms with Gasteiger partial charge < -0.3 is 4.74 Å². The van der Waals surface area contributed by atoms with Crippen molar-refractivity contribution >= 4 is 15.9 Å². The Bertz CT molecular complexity index is 355. The van der Waals surface area contributed by atoms with Crippen LogP contribution in [0.2, 0.25) is 0 Å². The molecule has 1 rings (SSSR count). The lowest BCUT2D eigenvalue weighted by atomic mass is 10.1. The summed E-state index contributed by atoms with van der Waals surface area (Å²) >= 11 is 3.35. The summed E-state index contributed by atoms with van der Waals surface area (Å²) in [6.45, 7) is 3.89. The topological polar surface area (TPSA) is 33.0 Å². The standard InChI is InChI=1S/C11H12BrNO/c1-8(2)14-11-4-3-9(6-12)5-10(11)7-13/h3-5,8H,6H2,1-2H3. The lowest BCUT2D eigenvalue weighted by Crippen LogP contribution is -2.06. The van der Waals surface area contributed by atoms with Crippen LogP contribution in [0.4, 0.5) is 0 Å². The fraction of sp³-hybridized carbons (Fsp3) is 0.364. The van der Waals surface area contributed by atoms with Gasteiger partial charge in [-0.05, 0) is 31.5 Å². The molecule has 0 amide bonds. The summed E-state index contributed by atoms with van der Waals surface area (Å²) in [5.41, 5.74) is 1.67. The van der Waals surface area contributed by atoms with Crippen LogP contribution in [0.1, 0.15) is 25.0 Å². The zero-order valence-corrected chi connectivity index (χ0v) is 9.84. The van der Waals surface area contributed by atoms with E-state index < -0.39 is 0 Å². The van der Waals surface area contributed by atoms with Crippen molar-refractivity contribution in [3.63, 3.8) is 0 Å². The van der Waals surface area contributed by atoms with Crippen molar-refractivity contribution in [3.05, 3.63) is 29.3 Å². The van der Waals surface area contributed by atoms with Crippen molar-refractivity contribution in [1.29, 1.82) is 5.26 Å². The van der Waals surface area contributed by atoms with E-state index in [-0.39, 0.29) is 6.10 Å². The van der Waals surface area contributed by atoms with Crippen LogP contribution in [0.25, 0.3) is 0 Å². The molecule has 14 heavy (non-hydrogen) atoms. The second kappa shape index (κ2) is 5.02. The number of rotatable bonds is 3. The Morgan fingerprint density at radius 3 is 2.71 bits per heavy atom. The third kappa shape index (κ3) is 2.74. The molecule has 74 valence electrons. The number of nitrogens with zero attached hydrogens (tertiary/aromatic N) is 1. The second-order valence-electron chi connectivity index (χ2n) is 3.24. The van der Waals surface area contributed by atoms with Gasteiger partial charge in [-0.3, -0.25) is 0 Å². The quantitative estimate of drug-likeness (QED) is 0.776. The molecule has 0 unspecified atom stereocenters. The molecule has 0 aliphatic heterocycles. The van der Waals surface area contributed by atoms with Crippen LogP contribution in [0.5, 0.6) is 5.75 Å². The summed E-state index contributed by atoms with van der Waals surface area (Å²) in [7, 11) is 0. The third-order valence-corrected chi connectivity index (χ3v) is 2.33. The molecule has 0 fully saturated rings. The zero-order chi connectivity index (χ0) is 10.6. The fourth-order valence-electron chi connectivity index (χ4n) is 1.10. The van der Waals surface area contributed by atoms with Crippen molar-refractivity contribution < 1.29 is 4.74 Å². The Kier molecular flexibility index (Phi) is 3.97. The summed E-state index contributed by atoms with van der Waals surface area (Å²) in [5, 5.41) is 9.66. The maximum Gasteiger partial charge on any atom is 0.137 e. The Morgan fingerprint density at radius 1 is 1.50 bits per heavy atom. The van der Waals surface area contributed by atoms with Crippen LogP contribution in [0.15, 0.2) is 18.2 Å². The van der Waals surface area contributed by atoms with Gasteiger partial charge in [0.25, 0.3) is 0 Å². The van der Waals surface area contributed by atoms with E-state index in [1.54, 1.807) is 0 Å². The number of halogens is 1. The molecule has 3 heteroatoms. The van der Waals surface area contributed by atoms with Gasteiger partial charge in [-0.2, -0.15) is 5.26 Å². The fourth-order valence-corrected chi connectivity index (χ4v) is 1.45. The highest BCUT2D eigenvalue weighted by atomic mass is 79.9. The highest BCUT2D eigenvalue weighted by Crippen LogP contribution is 2.21. The van der Waals surface area contributed by atoms with Gasteiger partial charge in [-0.15, -0.1) is 0 Å². The highest BCUT2D eigenvalue weighted by molar-refractivity contribution is 9.08. The molecule has 0 atom stereocenters. The van der Waals surface area contributed by atoms with E-state index in [1.165, 1.54) is 0 Å². The average Bonchev–Trinajstić information content (AvgIpc) is 2.17. The van der Waals surface area contributed by atoms with E-state index in [9.17, 15) is 0 Å². The summed E-state index contributed by atoms with van der Waals surface area (Å²) in [6, 6.07) is 7.76. The predicted molar refractivity (Wildman–Crippen MR) is 59.6 cm³/mol. The maximum absolute atomic E-state index is 8.91. The molecule has 0 saturated heterocycles. The number of nitriles is 1. The Balaban J connectivity index is 3.01. The van der Waals surface area contributed by atoms with Gasteiger partial charge in [0.05, 0.1) is 11.7 Å². The van der Waals surface area contributed by atoms with E-state index in [0.717, 1.165) is 10.9 Å². The summed E-state index contributed by atoms with van der Waals surface area (Å²) in [5.74, 6) is 0.659. The first-order valence-electron chi connectivity index (χ1n) is 4.43. The number of hydrogen-bond acceptors (Lipinski definition) is 2. The van der Waals surface area contributed by atoms with Gasteiger partial charge in [-0.25, -0.2) is 0 Å². The normalized spacial score (nSPS) is 9.93. The Hall–Kier alpha value is -1.01. The minimum atomic E-state index is 0.0944. The molecule has 0 radical (unpaired) electrons. The van der Waals surface area contributed by atoms with Crippen LogP contribution >= 0.6 is 15.9 Å². The van der Waals surface area contributed by atoms with Gasteiger partial charge in [0.1, 0.15) is 11.8 Å². The highest BCUT2D eigenvalue weighted by Gasteiger charge is 2.05. The van der Waals surface area contributed by atoms with E-state index in [4.69, 9.17) is 10.00 Å². The van der Waals surface area contributed by atoms with Crippen LogP contribution in [-0.2, 0) is 5.33 Å². The van der Waals surface area contributed by atoms with Crippen molar-refractivity contribution in [2.75, 3.05) is 0 Å². The van der Waals surface area contributed by atoms with Gasteiger partial charge in [0.15, 0.2) is 0 Å². The number of benzene rings is 1. The van der Waals surface area contributed by atoms with E-state index in [1.807, 2.05) is 32.0 Å². The largest absolute Gasteiger partial charge is 0.490 e. The molecule has 0 aliphatic carbocycles. The van der Waals surface area contributed by atoms with Gasteiger partial charge >= 0.3 is 0 Å². The van der Waals surface area contributed by atoms with Crippen LogP contribution in [-0.4, -0.2) is 6.10 Å². The molecule has 0 aliphatic rings. The smallest absolute Gasteiger partial charge is 0.137 e. The molecule has 0 aromatic heterocycles. The van der Waals surface area contributed by atoms with Crippen molar-refractivity contribution in [2.24, 2.45) is 0 Å². The SMILES string of the molecule is CC(C)Oc1ccc(CBr)cc1C#N. The van der Waals surface area contributed by atoms with Gasteiger partial charge in [0.2, 0.25) is 0 Å². The number of ether oxygens (including phenoxy) is 1. The first-order chi connectivity index (χ1) is 6.67. The molecule has 1 aromatic rings. The lowest BCUT2D eigenvalue weighted by Gasteiger charge is -2.11. The van der Waals surface area contributed by atoms with Crippen molar-refractivity contribution in [3.8, 4) is 11.8 Å². The van der Waals surface area contributed by atoms with E-state index in [0.29, 0.717) is 11.3 Å². The predicted octanol–water partition coefficient (Wildman–Crippen LogP) is 3.24. The monoisotopic (exact) mass is 253 g/mol. The van der Waals surface area contributed by atoms with E-state index >= 15 is 0 Å². The molecule has 0 heterocycles. The summed E-state index contributed by atoms with van der Waals surface area (Å²) in [6.07, 6.45) is 0.0944. The molecule has 1 aromatic carbocycles. The van der Waals surface area contributed by atoms with Crippen LogP contribution < -0.4 is 4.74 Å². The van der Waals surface area contributed by atoms with Crippen LogP contribution in [0, 0.1) is 11.3 Å². The number of hydrogen-bond donors (Lipinski definition) is 0. The summed E-state index contributed by atoms with van der Waals surface area (Å²) in [4.78, 5) is 0. The lowest BCUT2D eigenvalue weighted by molar-refractivity contribution is 0.241. The first-order valence-corrected chi connectivity index (χ1v) is 5.55. The molecule has 0 saturated carbocycles. The van der Waals surface area contributed by atoms with E-state index in [2.05, 4.69) is 22.0 Å². The molecular weight excluding hydrogens is 242 g/mol. The minimum absolute atomic E-state index is 0.0944. The third-order valence-electron chi connectivity index (χ3n) is 1.68. The second-order valence-corrected chi connectivity index (χ2v) is 3.80. The van der Waals surface area contributed by atoms with Crippen molar-refractivity contribution in [1.82, 2.24) is 0 Å². The maximum atomic E-state index is 8.91. The Morgan fingerprint density at radius 2 is 2.21 bits per heavy atom. The molecule has 0 spiro atoms. The molecule has 0 bridgehead atoms. The Labute approximate surface area is 92.6 Å². The van der Waals surface area contributed by atoms with Crippen LogP contribution in [0.3, 0.4) is 0 Å². The van der Waals surface area contributed by atoms with Gasteiger partial charge in [-0.1, -0.05) is 22.0 Å². The average molecular weight is 254 g/mol. The minimum Gasteiger partial charge on any atom is -0.490 e. The van der Waals surface area contributed by atoms with Gasteiger partial charge in [0, 0.05) is 5.33 Å². The first kappa shape index (κ1) is 11.1. The van der Waals surface area contributed by atoms with Crippen molar-refractivity contribution in [2.45, 2.75) is 25.3 Å².